The summed E-state index contributed by atoms with van der Waals surface area (Å²) < 4.78 is 16.5. The summed E-state index contributed by atoms with van der Waals surface area (Å²) in [4.78, 5) is 0. The SMILES string of the molecule is COc1ccc(C(OCCC(C)(C)OC)C(C)N)cc1. The molecule has 4 heteroatoms. The van der Waals surface area contributed by atoms with E-state index in [1.807, 2.05) is 45.0 Å². The molecule has 2 atom stereocenters. The monoisotopic (exact) mass is 281 g/mol. The van der Waals surface area contributed by atoms with Crippen molar-refractivity contribution >= 4 is 0 Å². The summed E-state index contributed by atoms with van der Waals surface area (Å²) in [5, 5.41) is 0. The highest BCUT2D eigenvalue weighted by Gasteiger charge is 2.20. The number of rotatable bonds is 8. The van der Waals surface area contributed by atoms with Gasteiger partial charge in [-0.3, -0.25) is 0 Å². The van der Waals surface area contributed by atoms with Crippen molar-refractivity contribution in [3.05, 3.63) is 29.8 Å². The van der Waals surface area contributed by atoms with Crippen LogP contribution in [0.15, 0.2) is 24.3 Å². The van der Waals surface area contributed by atoms with Crippen LogP contribution in [0, 0.1) is 0 Å². The van der Waals surface area contributed by atoms with E-state index in [-0.39, 0.29) is 17.7 Å². The maximum absolute atomic E-state index is 6.03. The molecule has 0 fully saturated rings. The van der Waals surface area contributed by atoms with Crippen LogP contribution in [0.4, 0.5) is 0 Å². The first kappa shape index (κ1) is 17.0. The Morgan fingerprint density at radius 3 is 2.20 bits per heavy atom. The minimum Gasteiger partial charge on any atom is -0.497 e. The van der Waals surface area contributed by atoms with Crippen LogP contribution in [0.2, 0.25) is 0 Å². The Bertz CT molecular complexity index is 387. The lowest BCUT2D eigenvalue weighted by Crippen LogP contribution is -2.30. The maximum atomic E-state index is 6.03. The Labute approximate surface area is 122 Å². The van der Waals surface area contributed by atoms with Crippen LogP contribution < -0.4 is 10.5 Å². The molecule has 0 heterocycles. The van der Waals surface area contributed by atoms with Gasteiger partial charge in [-0.2, -0.15) is 0 Å². The predicted molar refractivity (Wildman–Crippen MR) is 81.0 cm³/mol. The van der Waals surface area contributed by atoms with E-state index >= 15 is 0 Å². The fourth-order valence-electron chi connectivity index (χ4n) is 1.88. The molecule has 0 amide bonds. The van der Waals surface area contributed by atoms with Gasteiger partial charge in [0.1, 0.15) is 5.75 Å². The van der Waals surface area contributed by atoms with Gasteiger partial charge in [0.25, 0.3) is 0 Å². The lowest BCUT2D eigenvalue weighted by molar-refractivity contribution is -0.0317. The van der Waals surface area contributed by atoms with E-state index in [0.717, 1.165) is 17.7 Å². The van der Waals surface area contributed by atoms with Gasteiger partial charge >= 0.3 is 0 Å². The largest absolute Gasteiger partial charge is 0.497 e. The summed E-state index contributed by atoms with van der Waals surface area (Å²) >= 11 is 0. The van der Waals surface area contributed by atoms with Crippen LogP contribution in [-0.2, 0) is 9.47 Å². The van der Waals surface area contributed by atoms with E-state index in [9.17, 15) is 0 Å². The summed E-state index contributed by atoms with van der Waals surface area (Å²) in [6.07, 6.45) is 0.705. The Morgan fingerprint density at radius 1 is 1.15 bits per heavy atom. The first-order valence-electron chi connectivity index (χ1n) is 6.96. The van der Waals surface area contributed by atoms with Crippen molar-refractivity contribution in [3.8, 4) is 5.75 Å². The number of methoxy groups -OCH3 is 2. The van der Waals surface area contributed by atoms with Crippen LogP contribution in [-0.4, -0.2) is 32.5 Å². The number of nitrogens with two attached hydrogens (primary N) is 1. The molecule has 2 unspecified atom stereocenters. The molecular weight excluding hydrogens is 254 g/mol. The quantitative estimate of drug-likeness (QED) is 0.796. The molecule has 0 aliphatic heterocycles. The van der Waals surface area contributed by atoms with Gasteiger partial charge in [-0.1, -0.05) is 12.1 Å². The second-order valence-corrected chi connectivity index (χ2v) is 5.64. The molecule has 0 spiro atoms. The van der Waals surface area contributed by atoms with Crippen LogP contribution in [0.1, 0.15) is 38.9 Å². The van der Waals surface area contributed by atoms with Gasteiger partial charge in [0.2, 0.25) is 0 Å². The van der Waals surface area contributed by atoms with Gasteiger partial charge in [-0.15, -0.1) is 0 Å². The number of hydrogen-bond acceptors (Lipinski definition) is 4. The first-order chi connectivity index (χ1) is 9.39. The van der Waals surface area contributed by atoms with E-state index in [0.29, 0.717) is 6.61 Å². The first-order valence-corrected chi connectivity index (χ1v) is 6.96. The normalized spacial score (nSPS) is 14.9. The van der Waals surface area contributed by atoms with Crippen molar-refractivity contribution in [2.24, 2.45) is 5.73 Å². The topological polar surface area (TPSA) is 53.7 Å². The van der Waals surface area contributed by atoms with Crippen LogP contribution in [0.5, 0.6) is 5.75 Å². The molecule has 0 saturated heterocycles. The highest BCUT2D eigenvalue weighted by Crippen LogP contribution is 2.24. The molecule has 4 nitrogen and oxygen atoms in total. The van der Waals surface area contributed by atoms with E-state index in [1.165, 1.54) is 0 Å². The zero-order valence-electron chi connectivity index (χ0n) is 13.2. The van der Waals surface area contributed by atoms with Crippen LogP contribution in [0.25, 0.3) is 0 Å². The summed E-state index contributed by atoms with van der Waals surface area (Å²) in [6.45, 7) is 6.66. The molecular formula is C16H27NO3. The number of benzene rings is 1. The minimum absolute atomic E-state index is 0.0750. The van der Waals surface area contributed by atoms with E-state index in [2.05, 4.69) is 0 Å². The molecule has 0 aliphatic rings. The summed E-state index contributed by atoms with van der Waals surface area (Å²) in [7, 11) is 3.37. The highest BCUT2D eigenvalue weighted by atomic mass is 16.5. The van der Waals surface area contributed by atoms with Crippen LogP contribution >= 0.6 is 0 Å². The number of ether oxygens (including phenoxy) is 3. The molecule has 20 heavy (non-hydrogen) atoms. The molecule has 0 aromatic heterocycles. The second kappa shape index (κ2) is 7.62. The maximum Gasteiger partial charge on any atom is 0.118 e. The van der Waals surface area contributed by atoms with Gasteiger partial charge in [0.15, 0.2) is 0 Å². The average Bonchev–Trinajstić information content (AvgIpc) is 2.43. The summed E-state index contributed by atoms with van der Waals surface area (Å²) in [5.74, 6) is 0.831. The van der Waals surface area contributed by atoms with Gasteiger partial charge in [-0.05, 0) is 44.9 Å². The van der Waals surface area contributed by atoms with Crippen LogP contribution in [0.3, 0.4) is 0 Å². The molecule has 114 valence electrons. The molecule has 0 saturated carbocycles. The zero-order chi connectivity index (χ0) is 15.2. The summed E-state index contributed by atoms with van der Waals surface area (Å²) in [5.41, 5.74) is 6.92. The Balaban J connectivity index is 2.64. The van der Waals surface area contributed by atoms with Gasteiger partial charge in [0, 0.05) is 13.2 Å². The molecule has 1 rings (SSSR count). The molecule has 2 N–H and O–H groups in total. The third-order valence-corrected chi connectivity index (χ3v) is 3.48. The van der Waals surface area contributed by atoms with Gasteiger partial charge in [0.05, 0.1) is 25.4 Å². The minimum atomic E-state index is -0.178. The van der Waals surface area contributed by atoms with Crippen molar-refractivity contribution in [3.63, 3.8) is 0 Å². The standard InChI is InChI=1S/C16H27NO3/c1-12(17)15(20-11-10-16(2,3)19-5)13-6-8-14(18-4)9-7-13/h6-9,12,15H,10-11,17H2,1-5H3. The van der Waals surface area contributed by atoms with Crippen molar-refractivity contribution < 1.29 is 14.2 Å². The average molecular weight is 281 g/mol. The Hall–Kier alpha value is -1.10. The molecule has 1 aromatic rings. The number of hydrogen-bond donors (Lipinski definition) is 1. The second-order valence-electron chi connectivity index (χ2n) is 5.64. The van der Waals surface area contributed by atoms with Gasteiger partial charge < -0.3 is 19.9 Å². The zero-order valence-corrected chi connectivity index (χ0v) is 13.2. The lowest BCUT2D eigenvalue weighted by atomic mass is 10.0. The predicted octanol–water partition coefficient (Wildman–Crippen LogP) is 2.92. The fraction of sp³-hybridized carbons (Fsp3) is 0.625. The van der Waals surface area contributed by atoms with E-state index < -0.39 is 0 Å². The Morgan fingerprint density at radius 2 is 1.75 bits per heavy atom. The Kier molecular flexibility index (Phi) is 6.46. The van der Waals surface area contributed by atoms with Crippen molar-refractivity contribution in [2.75, 3.05) is 20.8 Å². The van der Waals surface area contributed by atoms with E-state index in [1.54, 1.807) is 14.2 Å². The molecule has 1 aromatic carbocycles. The molecule has 0 bridgehead atoms. The van der Waals surface area contributed by atoms with Crippen molar-refractivity contribution in [1.82, 2.24) is 0 Å². The lowest BCUT2D eigenvalue weighted by Gasteiger charge is -2.26. The molecule has 0 radical (unpaired) electrons. The van der Waals surface area contributed by atoms with Gasteiger partial charge in [-0.25, -0.2) is 0 Å². The molecule has 0 aliphatic carbocycles. The van der Waals surface area contributed by atoms with E-state index in [4.69, 9.17) is 19.9 Å². The summed E-state index contributed by atoms with van der Waals surface area (Å²) in [6, 6.07) is 7.76. The third kappa shape index (κ3) is 5.12. The van der Waals surface area contributed by atoms with Crippen molar-refractivity contribution in [1.29, 1.82) is 0 Å². The smallest absolute Gasteiger partial charge is 0.118 e. The highest BCUT2D eigenvalue weighted by molar-refractivity contribution is 5.29. The van der Waals surface area contributed by atoms with Crippen molar-refractivity contribution in [2.45, 2.75) is 44.9 Å². The third-order valence-electron chi connectivity index (χ3n) is 3.48. The fourth-order valence-corrected chi connectivity index (χ4v) is 1.88.